The van der Waals surface area contributed by atoms with Gasteiger partial charge in [-0.3, -0.25) is 4.90 Å². The Morgan fingerprint density at radius 3 is 2.21 bits per heavy atom. The summed E-state index contributed by atoms with van der Waals surface area (Å²) in [6, 6.07) is 0. The Balaban J connectivity index is 1.58. The van der Waals surface area contributed by atoms with Crippen LogP contribution in [0, 0.1) is 5.92 Å². The van der Waals surface area contributed by atoms with E-state index in [1.165, 1.54) is 71.5 Å². The van der Waals surface area contributed by atoms with Crippen molar-refractivity contribution < 1.29 is 0 Å². The third-order valence-corrected chi connectivity index (χ3v) is 4.86. The zero-order valence-electron chi connectivity index (χ0n) is 13.2. The van der Waals surface area contributed by atoms with Gasteiger partial charge in [-0.25, -0.2) is 0 Å². The Morgan fingerprint density at radius 2 is 1.63 bits per heavy atom. The quantitative estimate of drug-likeness (QED) is 0.842. The molecule has 2 rings (SSSR count). The van der Waals surface area contributed by atoms with Gasteiger partial charge in [-0.2, -0.15) is 0 Å². The maximum atomic E-state index is 3.43. The van der Waals surface area contributed by atoms with Crippen LogP contribution in [0.4, 0.5) is 0 Å². The van der Waals surface area contributed by atoms with E-state index in [4.69, 9.17) is 0 Å². The predicted octanol–water partition coefficient (Wildman–Crippen LogP) is 2.18. The molecule has 0 spiro atoms. The fraction of sp³-hybridized carbons (Fsp3) is 1.00. The number of hydrogen-bond donors (Lipinski definition) is 1. The van der Waals surface area contributed by atoms with Gasteiger partial charge in [0.05, 0.1) is 0 Å². The summed E-state index contributed by atoms with van der Waals surface area (Å²) in [4.78, 5) is 5.28. The number of rotatable bonds is 4. The molecule has 2 heterocycles. The van der Waals surface area contributed by atoms with Gasteiger partial charge in [0.1, 0.15) is 0 Å². The van der Waals surface area contributed by atoms with Crippen molar-refractivity contribution in [3.8, 4) is 0 Å². The van der Waals surface area contributed by atoms with Gasteiger partial charge in [0.2, 0.25) is 0 Å². The second-order valence-electron chi connectivity index (χ2n) is 7.34. The van der Waals surface area contributed by atoms with Crippen molar-refractivity contribution in [2.45, 2.75) is 52.0 Å². The van der Waals surface area contributed by atoms with Crippen LogP contribution in [0.15, 0.2) is 0 Å². The van der Waals surface area contributed by atoms with Crippen molar-refractivity contribution >= 4 is 0 Å². The third kappa shape index (κ3) is 5.05. The fourth-order valence-corrected chi connectivity index (χ4v) is 3.43. The minimum Gasteiger partial charge on any atom is -0.314 e. The van der Waals surface area contributed by atoms with Crippen molar-refractivity contribution in [3.05, 3.63) is 0 Å². The lowest BCUT2D eigenvalue weighted by Crippen LogP contribution is -2.46. The van der Waals surface area contributed by atoms with Crippen LogP contribution in [-0.4, -0.2) is 61.2 Å². The van der Waals surface area contributed by atoms with Crippen LogP contribution in [-0.2, 0) is 0 Å². The Kier molecular flexibility index (Phi) is 5.67. The summed E-state index contributed by atoms with van der Waals surface area (Å²) >= 11 is 0. The molecule has 0 aliphatic carbocycles. The number of piperidine rings is 1. The Bertz CT molecular complexity index is 245. The van der Waals surface area contributed by atoms with Crippen LogP contribution in [0.3, 0.4) is 0 Å². The number of nitrogens with zero attached hydrogens (tertiary/aromatic N) is 2. The van der Waals surface area contributed by atoms with Crippen molar-refractivity contribution in [3.63, 3.8) is 0 Å². The fourth-order valence-electron chi connectivity index (χ4n) is 3.43. The van der Waals surface area contributed by atoms with Gasteiger partial charge in [0, 0.05) is 31.7 Å². The maximum absolute atomic E-state index is 3.43. The molecule has 0 radical (unpaired) electrons. The van der Waals surface area contributed by atoms with Crippen LogP contribution in [0.2, 0.25) is 0 Å². The molecule has 2 aliphatic heterocycles. The van der Waals surface area contributed by atoms with E-state index in [1.807, 2.05) is 0 Å². The standard InChI is InChI=1S/C16H33N3/c1-16(2,3)19-11-6-15(7-12-19)5-4-10-18-13-8-17-9-14-18/h15,17H,4-14H2,1-3H3. The molecule has 2 saturated heterocycles. The zero-order valence-corrected chi connectivity index (χ0v) is 13.2. The average molecular weight is 267 g/mol. The third-order valence-electron chi connectivity index (χ3n) is 4.86. The topological polar surface area (TPSA) is 18.5 Å². The monoisotopic (exact) mass is 267 g/mol. The van der Waals surface area contributed by atoms with Crippen molar-refractivity contribution in [1.82, 2.24) is 15.1 Å². The summed E-state index contributed by atoms with van der Waals surface area (Å²) < 4.78 is 0. The molecular formula is C16H33N3. The first-order valence-corrected chi connectivity index (χ1v) is 8.24. The molecule has 0 atom stereocenters. The predicted molar refractivity (Wildman–Crippen MR) is 82.6 cm³/mol. The van der Waals surface area contributed by atoms with Crippen LogP contribution in [0.1, 0.15) is 46.5 Å². The smallest absolute Gasteiger partial charge is 0.0125 e. The van der Waals surface area contributed by atoms with E-state index in [1.54, 1.807) is 0 Å². The number of likely N-dealkylation sites (tertiary alicyclic amines) is 1. The minimum absolute atomic E-state index is 0.367. The van der Waals surface area contributed by atoms with Gasteiger partial charge in [0.15, 0.2) is 0 Å². The molecule has 112 valence electrons. The molecule has 1 N–H and O–H groups in total. The van der Waals surface area contributed by atoms with E-state index in [-0.39, 0.29) is 0 Å². The Hall–Kier alpha value is -0.120. The van der Waals surface area contributed by atoms with Crippen LogP contribution in [0.25, 0.3) is 0 Å². The highest BCUT2D eigenvalue weighted by Crippen LogP contribution is 2.26. The first kappa shape index (κ1) is 15.3. The molecule has 0 bridgehead atoms. The number of hydrogen-bond acceptors (Lipinski definition) is 3. The molecule has 2 aliphatic rings. The van der Waals surface area contributed by atoms with Gasteiger partial charge in [-0.1, -0.05) is 0 Å². The van der Waals surface area contributed by atoms with E-state index in [2.05, 4.69) is 35.9 Å². The Morgan fingerprint density at radius 1 is 1.00 bits per heavy atom. The summed E-state index contributed by atoms with van der Waals surface area (Å²) in [7, 11) is 0. The Labute approximate surface area is 119 Å². The first-order valence-electron chi connectivity index (χ1n) is 8.24. The van der Waals surface area contributed by atoms with Gasteiger partial charge in [-0.05, 0) is 72.0 Å². The second-order valence-corrected chi connectivity index (χ2v) is 7.34. The molecule has 0 unspecified atom stereocenters. The summed E-state index contributed by atoms with van der Waals surface area (Å²) in [5.41, 5.74) is 0.367. The van der Waals surface area contributed by atoms with Crippen LogP contribution >= 0.6 is 0 Å². The molecule has 3 heteroatoms. The molecule has 19 heavy (non-hydrogen) atoms. The maximum Gasteiger partial charge on any atom is 0.0125 e. The van der Waals surface area contributed by atoms with Gasteiger partial charge < -0.3 is 10.2 Å². The zero-order chi connectivity index (χ0) is 13.7. The van der Waals surface area contributed by atoms with Gasteiger partial charge in [0.25, 0.3) is 0 Å². The van der Waals surface area contributed by atoms with Gasteiger partial charge in [-0.15, -0.1) is 0 Å². The lowest BCUT2D eigenvalue weighted by atomic mass is 9.89. The molecule has 3 nitrogen and oxygen atoms in total. The van der Waals surface area contributed by atoms with E-state index in [0.717, 1.165) is 5.92 Å². The molecular weight excluding hydrogens is 234 g/mol. The lowest BCUT2D eigenvalue weighted by Gasteiger charge is -2.41. The second kappa shape index (κ2) is 7.05. The largest absolute Gasteiger partial charge is 0.314 e. The highest BCUT2D eigenvalue weighted by molar-refractivity contribution is 4.82. The van der Waals surface area contributed by atoms with E-state index in [9.17, 15) is 0 Å². The van der Waals surface area contributed by atoms with Crippen molar-refractivity contribution in [1.29, 1.82) is 0 Å². The highest BCUT2D eigenvalue weighted by Gasteiger charge is 2.26. The molecule has 2 fully saturated rings. The van der Waals surface area contributed by atoms with Crippen molar-refractivity contribution in [2.75, 3.05) is 45.8 Å². The van der Waals surface area contributed by atoms with Crippen LogP contribution in [0.5, 0.6) is 0 Å². The molecule has 0 amide bonds. The summed E-state index contributed by atoms with van der Waals surface area (Å²) in [5, 5.41) is 3.43. The minimum atomic E-state index is 0.367. The van der Waals surface area contributed by atoms with Crippen molar-refractivity contribution in [2.24, 2.45) is 5.92 Å². The molecule has 0 saturated carbocycles. The molecule has 0 aromatic heterocycles. The lowest BCUT2D eigenvalue weighted by molar-refractivity contribution is 0.0836. The number of piperazine rings is 1. The van der Waals surface area contributed by atoms with E-state index in [0.29, 0.717) is 5.54 Å². The molecule has 0 aromatic rings. The highest BCUT2D eigenvalue weighted by atomic mass is 15.2. The summed E-state index contributed by atoms with van der Waals surface area (Å²) in [6.07, 6.45) is 5.68. The SMILES string of the molecule is CC(C)(C)N1CCC(CCCN2CCNCC2)CC1. The van der Waals surface area contributed by atoms with Gasteiger partial charge >= 0.3 is 0 Å². The number of nitrogens with one attached hydrogen (secondary N) is 1. The summed E-state index contributed by atoms with van der Waals surface area (Å²) in [6.45, 7) is 15.8. The summed E-state index contributed by atoms with van der Waals surface area (Å²) in [5.74, 6) is 0.988. The molecule has 0 aromatic carbocycles. The normalized spacial score (nSPS) is 24.8. The van der Waals surface area contributed by atoms with E-state index < -0.39 is 0 Å². The van der Waals surface area contributed by atoms with Crippen LogP contribution < -0.4 is 5.32 Å². The average Bonchev–Trinajstić information content (AvgIpc) is 2.39. The first-order chi connectivity index (χ1) is 9.05. The van der Waals surface area contributed by atoms with E-state index >= 15 is 0 Å².